The number of aromatic nitrogens is 2. The number of carbonyl (C=O) groups is 1. The van der Waals surface area contributed by atoms with Crippen molar-refractivity contribution in [2.24, 2.45) is 0 Å². The number of benzene rings is 4. The van der Waals surface area contributed by atoms with Crippen LogP contribution in [0.15, 0.2) is 91.0 Å². The molecule has 1 aliphatic heterocycles. The van der Waals surface area contributed by atoms with Crippen molar-refractivity contribution in [2.45, 2.75) is 32.2 Å². The lowest BCUT2D eigenvalue weighted by atomic mass is 10.1. The van der Waals surface area contributed by atoms with Crippen LogP contribution in [0.25, 0.3) is 21.8 Å². The SMILES string of the molecule is Cc1ccc(N2CC(c3nc4ccccc4n3CCCOc3cccc4ccccc34)CC2=O)cc1. The van der Waals surface area contributed by atoms with Gasteiger partial charge in [-0.15, -0.1) is 0 Å². The number of amides is 1. The van der Waals surface area contributed by atoms with Crippen LogP contribution >= 0.6 is 0 Å². The topological polar surface area (TPSA) is 47.4 Å². The zero-order valence-electron chi connectivity index (χ0n) is 20.4. The van der Waals surface area contributed by atoms with Gasteiger partial charge < -0.3 is 14.2 Å². The number of carbonyl (C=O) groups excluding carboxylic acids is 1. The highest BCUT2D eigenvalue weighted by Crippen LogP contribution is 2.33. The minimum atomic E-state index is 0.0604. The van der Waals surface area contributed by atoms with Crippen LogP contribution in [0.5, 0.6) is 5.75 Å². The second-order valence-electron chi connectivity index (χ2n) is 9.53. The Bertz CT molecular complexity index is 1530. The Kier molecular flexibility index (Phi) is 5.90. The Morgan fingerprint density at radius 2 is 1.69 bits per heavy atom. The molecule has 0 saturated carbocycles. The normalized spacial score (nSPS) is 15.8. The Morgan fingerprint density at radius 1 is 0.917 bits per heavy atom. The number of anilines is 1. The molecule has 0 aliphatic carbocycles. The first-order valence-electron chi connectivity index (χ1n) is 12.6. The van der Waals surface area contributed by atoms with Crippen molar-refractivity contribution in [1.82, 2.24) is 9.55 Å². The summed E-state index contributed by atoms with van der Waals surface area (Å²) in [5.41, 5.74) is 4.23. The average molecular weight is 476 g/mol. The summed E-state index contributed by atoms with van der Waals surface area (Å²) in [4.78, 5) is 19.9. The average Bonchev–Trinajstić information content (AvgIpc) is 3.47. The third-order valence-corrected chi connectivity index (χ3v) is 7.05. The summed E-state index contributed by atoms with van der Waals surface area (Å²) in [6, 6.07) is 30.9. The minimum Gasteiger partial charge on any atom is -0.493 e. The second kappa shape index (κ2) is 9.50. The van der Waals surface area contributed by atoms with Gasteiger partial charge in [-0.3, -0.25) is 4.79 Å². The van der Waals surface area contributed by atoms with Gasteiger partial charge >= 0.3 is 0 Å². The standard InChI is InChI=1S/C31H29N3O2/c1-22-14-16-25(17-15-22)34-21-24(20-30(34)35)31-32-27-11-4-5-12-28(27)33(31)18-7-19-36-29-13-6-9-23-8-2-3-10-26(23)29/h2-6,8-17,24H,7,18-21H2,1H3. The molecule has 1 aromatic heterocycles. The van der Waals surface area contributed by atoms with E-state index in [0.29, 0.717) is 19.6 Å². The van der Waals surface area contributed by atoms with E-state index < -0.39 is 0 Å². The molecule has 1 amide bonds. The van der Waals surface area contributed by atoms with E-state index in [1.54, 1.807) is 0 Å². The molecule has 180 valence electrons. The predicted molar refractivity (Wildman–Crippen MR) is 145 cm³/mol. The van der Waals surface area contributed by atoms with Gasteiger partial charge in [-0.25, -0.2) is 4.98 Å². The number of hydrogen-bond acceptors (Lipinski definition) is 3. The number of nitrogens with zero attached hydrogens (tertiary/aromatic N) is 3. The highest BCUT2D eigenvalue weighted by Gasteiger charge is 2.34. The fourth-order valence-electron chi connectivity index (χ4n) is 5.22. The maximum atomic E-state index is 13.0. The molecule has 0 bridgehead atoms. The lowest BCUT2D eigenvalue weighted by Crippen LogP contribution is -2.24. The number of aryl methyl sites for hydroxylation is 2. The summed E-state index contributed by atoms with van der Waals surface area (Å²) < 4.78 is 8.49. The summed E-state index contributed by atoms with van der Waals surface area (Å²) in [7, 11) is 0. The number of ether oxygens (including phenoxy) is 1. The van der Waals surface area contributed by atoms with Gasteiger partial charge in [0, 0.05) is 36.5 Å². The van der Waals surface area contributed by atoms with E-state index >= 15 is 0 Å². The molecule has 4 aromatic carbocycles. The molecule has 0 radical (unpaired) electrons. The quantitative estimate of drug-likeness (QED) is 0.253. The summed E-state index contributed by atoms with van der Waals surface area (Å²) in [5.74, 6) is 2.12. The van der Waals surface area contributed by atoms with E-state index in [4.69, 9.17) is 9.72 Å². The number of imidazole rings is 1. The molecule has 5 heteroatoms. The Morgan fingerprint density at radius 3 is 2.58 bits per heavy atom. The zero-order valence-corrected chi connectivity index (χ0v) is 20.4. The van der Waals surface area contributed by atoms with Crippen molar-refractivity contribution in [2.75, 3.05) is 18.1 Å². The third-order valence-electron chi connectivity index (χ3n) is 7.05. The van der Waals surface area contributed by atoms with Gasteiger partial charge in [0.1, 0.15) is 11.6 Å². The van der Waals surface area contributed by atoms with Crippen LogP contribution in [-0.2, 0) is 11.3 Å². The molecule has 0 spiro atoms. The first-order valence-corrected chi connectivity index (χ1v) is 12.6. The smallest absolute Gasteiger partial charge is 0.227 e. The predicted octanol–water partition coefficient (Wildman–Crippen LogP) is 6.49. The van der Waals surface area contributed by atoms with Crippen molar-refractivity contribution in [3.8, 4) is 5.75 Å². The number of para-hydroxylation sites is 2. The van der Waals surface area contributed by atoms with Gasteiger partial charge in [-0.1, -0.05) is 66.2 Å². The molecule has 1 aliphatic rings. The van der Waals surface area contributed by atoms with Crippen LogP contribution in [0.1, 0.15) is 30.1 Å². The molecule has 6 rings (SSSR count). The summed E-state index contributed by atoms with van der Waals surface area (Å²) in [6.07, 6.45) is 1.32. The van der Waals surface area contributed by atoms with Crippen molar-refractivity contribution in [3.63, 3.8) is 0 Å². The van der Waals surface area contributed by atoms with E-state index in [-0.39, 0.29) is 11.8 Å². The van der Waals surface area contributed by atoms with Crippen LogP contribution in [0, 0.1) is 6.92 Å². The van der Waals surface area contributed by atoms with Gasteiger partial charge in [0.2, 0.25) is 5.91 Å². The van der Waals surface area contributed by atoms with Crippen molar-refractivity contribution in [1.29, 1.82) is 0 Å². The Labute approximate surface area is 210 Å². The summed E-state index contributed by atoms with van der Waals surface area (Å²) in [5, 5.41) is 2.32. The van der Waals surface area contributed by atoms with Crippen molar-refractivity contribution < 1.29 is 9.53 Å². The number of fused-ring (bicyclic) bond motifs is 2. The Hall–Kier alpha value is -4.12. The van der Waals surface area contributed by atoms with E-state index in [1.165, 1.54) is 10.9 Å². The molecule has 1 saturated heterocycles. The molecule has 0 N–H and O–H groups in total. The zero-order chi connectivity index (χ0) is 24.5. The fourth-order valence-corrected chi connectivity index (χ4v) is 5.22. The third kappa shape index (κ3) is 4.22. The lowest BCUT2D eigenvalue weighted by Gasteiger charge is -2.18. The van der Waals surface area contributed by atoms with Crippen LogP contribution in [-0.4, -0.2) is 28.6 Å². The fraction of sp³-hybridized carbons (Fsp3) is 0.226. The van der Waals surface area contributed by atoms with Crippen LogP contribution < -0.4 is 9.64 Å². The summed E-state index contributed by atoms with van der Waals surface area (Å²) >= 11 is 0. The first-order chi connectivity index (χ1) is 17.7. The summed E-state index contributed by atoms with van der Waals surface area (Å²) in [6.45, 7) is 4.11. The largest absolute Gasteiger partial charge is 0.493 e. The molecular weight excluding hydrogens is 446 g/mol. The number of rotatable bonds is 7. The molecule has 1 fully saturated rings. The van der Waals surface area contributed by atoms with Crippen LogP contribution in [0.2, 0.25) is 0 Å². The molecule has 2 heterocycles. The molecule has 36 heavy (non-hydrogen) atoms. The Balaban J connectivity index is 1.21. The van der Waals surface area contributed by atoms with Crippen LogP contribution in [0.3, 0.4) is 0 Å². The molecule has 1 unspecified atom stereocenters. The molecule has 5 nitrogen and oxygen atoms in total. The van der Waals surface area contributed by atoms with Gasteiger partial charge in [-0.05, 0) is 49.1 Å². The van der Waals surface area contributed by atoms with E-state index in [9.17, 15) is 4.79 Å². The first kappa shape index (κ1) is 22.4. The van der Waals surface area contributed by atoms with E-state index in [1.807, 2.05) is 47.4 Å². The van der Waals surface area contributed by atoms with Gasteiger partial charge in [0.15, 0.2) is 0 Å². The monoisotopic (exact) mass is 475 g/mol. The molecule has 5 aromatic rings. The highest BCUT2D eigenvalue weighted by molar-refractivity contribution is 5.96. The van der Waals surface area contributed by atoms with E-state index in [0.717, 1.165) is 46.6 Å². The van der Waals surface area contributed by atoms with Crippen molar-refractivity contribution >= 4 is 33.4 Å². The van der Waals surface area contributed by atoms with Crippen molar-refractivity contribution in [3.05, 3.63) is 102 Å². The highest BCUT2D eigenvalue weighted by atomic mass is 16.5. The maximum Gasteiger partial charge on any atom is 0.227 e. The van der Waals surface area contributed by atoms with E-state index in [2.05, 4.69) is 60.0 Å². The molecular formula is C31H29N3O2. The van der Waals surface area contributed by atoms with Gasteiger partial charge in [0.05, 0.1) is 17.6 Å². The number of hydrogen-bond donors (Lipinski definition) is 0. The minimum absolute atomic E-state index is 0.0604. The van der Waals surface area contributed by atoms with Gasteiger partial charge in [-0.2, -0.15) is 0 Å². The second-order valence-corrected chi connectivity index (χ2v) is 9.53. The van der Waals surface area contributed by atoms with Gasteiger partial charge in [0.25, 0.3) is 0 Å². The van der Waals surface area contributed by atoms with Crippen LogP contribution in [0.4, 0.5) is 5.69 Å². The maximum absolute atomic E-state index is 13.0. The molecule has 1 atom stereocenters. The lowest BCUT2D eigenvalue weighted by molar-refractivity contribution is -0.117.